The third-order valence-electron chi connectivity index (χ3n) is 1.99. The minimum atomic E-state index is -1.42. The second kappa shape index (κ2) is 7.84. The van der Waals surface area contributed by atoms with Gasteiger partial charge in [-0.15, -0.1) is 0 Å². The normalized spacial score (nSPS) is 21.3. The Morgan fingerprint density at radius 3 is 2.21 bits per heavy atom. The number of thiol groups is 1. The lowest BCUT2D eigenvalue weighted by Crippen LogP contribution is -2.31. The molecule has 1 rings (SSSR count). The number of aliphatic carboxylic acids is 1. The van der Waals surface area contributed by atoms with Gasteiger partial charge < -0.3 is 36.0 Å². The number of rotatable bonds is 4. The van der Waals surface area contributed by atoms with E-state index in [9.17, 15) is 9.59 Å². The molecule has 0 aromatic carbocycles. The summed E-state index contributed by atoms with van der Waals surface area (Å²) in [4.78, 5) is 20.3. The summed E-state index contributed by atoms with van der Waals surface area (Å²) < 4.78 is 4.32. The zero-order valence-electron chi connectivity index (χ0n) is 9.63. The van der Waals surface area contributed by atoms with Gasteiger partial charge in [0, 0.05) is 5.75 Å². The maximum absolute atomic E-state index is 10.5. The number of hydrogen-bond donors (Lipinski definition) is 7. The first-order valence-electron chi connectivity index (χ1n) is 4.97. The van der Waals surface area contributed by atoms with Gasteiger partial charge in [-0.2, -0.15) is 12.6 Å². The van der Waals surface area contributed by atoms with Crippen molar-refractivity contribution in [1.82, 2.24) is 0 Å². The number of hydrogen-bond acceptors (Lipinski definition) is 9. The first-order valence-corrected chi connectivity index (χ1v) is 5.60. The van der Waals surface area contributed by atoms with Crippen LogP contribution in [-0.4, -0.2) is 68.1 Å². The molecular weight excluding hydrogens is 282 g/mol. The van der Waals surface area contributed by atoms with Crippen molar-refractivity contribution in [2.75, 3.05) is 12.4 Å². The van der Waals surface area contributed by atoms with E-state index in [1.165, 1.54) is 0 Å². The Morgan fingerprint density at radius 2 is 2.00 bits per heavy atom. The van der Waals surface area contributed by atoms with Crippen molar-refractivity contribution in [1.29, 1.82) is 0 Å². The van der Waals surface area contributed by atoms with E-state index < -0.39 is 48.3 Å². The number of carboxylic acids is 1. The standard InChI is InChI=1S/C6H8O6.C3H7NO2S/c7-1-2(8)5-3(9)4(10)6(11)12-5;4-2(1-7)3(5)6/h2,5,7-10H,1H2;2,7H,1,4H2,(H,5,6)/t2-,5+;2-/m00/s1. The summed E-state index contributed by atoms with van der Waals surface area (Å²) in [5, 5.41) is 43.1. The smallest absolute Gasteiger partial charge is 0.377 e. The molecule has 7 N–H and O–H groups in total. The van der Waals surface area contributed by atoms with Gasteiger partial charge in [0.15, 0.2) is 11.9 Å². The van der Waals surface area contributed by atoms with Crippen LogP contribution in [-0.2, 0) is 14.3 Å². The highest BCUT2D eigenvalue weighted by Gasteiger charge is 2.38. The molecule has 1 heterocycles. The number of aliphatic hydroxyl groups excluding tert-OH is 4. The number of carbonyl (C=O) groups excluding carboxylic acids is 1. The minimum absolute atomic E-state index is 0.190. The highest BCUT2D eigenvalue weighted by Crippen LogP contribution is 2.20. The summed E-state index contributed by atoms with van der Waals surface area (Å²) >= 11 is 3.65. The molecule has 0 unspecified atom stereocenters. The van der Waals surface area contributed by atoms with E-state index >= 15 is 0 Å². The van der Waals surface area contributed by atoms with E-state index in [1.54, 1.807) is 0 Å². The second-order valence-corrected chi connectivity index (χ2v) is 3.80. The van der Waals surface area contributed by atoms with Crippen molar-refractivity contribution in [3.63, 3.8) is 0 Å². The van der Waals surface area contributed by atoms with Crippen LogP contribution in [0.5, 0.6) is 0 Å². The first kappa shape index (κ1) is 17.5. The topological polar surface area (TPSA) is 171 Å². The molecule has 0 fully saturated rings. The fraction of sp³-hybridized carbons (Fsp3) is 0.556. The summed E-state index contributed by atoms with van der Waals surface area (Å²) in [6.07, 6.45) is -2.78. The molecule has 0 spiro atoms. The molecule has 0 radical (unpaired) electrons. The average molecular weight is 297 g/mol. The molecule has 1 aliphatic heterocycles. The Morgan fingerprint density at radius 1 is 1.47 bits per heavy atom. The summed E-state index contributed by atoms with van der Waals surface area (Å²) in [6.45, 7) is -0.671. The minimum Gasteiger partial charge on any atom is -0.505 e. The van der Waals surface area contributed by atoms with Gasteiger partial charge in [-0.1, -0.05) is 0 Å². The lowest BCUT2D eigenvalue weighted by Gasteiger charge is -2.13. The van der Waals surface area contributed by atoms with Gasteiger partial charge >= 0.3 is 11.9 Å². The predicted molar refractivity (Wildman–Crippen MR) is 64.7 cm³/mol. The van der Waals surface area contributed by atoms with Crippen molar-refractivity contribution >= 4 is 24.6 Å². The number of nitrogens with two attached hydrogens (primary N) is 1. The number of carboxylic acid groups (broad SMARTS) is 1. The largest absolute Gasteiger partial charge is 0.505 e. The van der Waals surface area contributed by atoms with E-state index in [0.717, 1.165) is 0 Å². The zero-order valence-corrected chi connectivity index (χ0v) is 10.5. The summed E-state index contributed by atoms with van der Waals surface area (Å²) in [6, 6.07) is -0.816. The lowest BCUT2D eigenvalue weighted by atomic mass is 10.2. The molecule has 0 aromatic rings. The van der Waals surface area contributed by atoms with Crippen LogP contribution in [0.2, 0.25) is 0 Å². The first-order chi connectivity index (χ1) is 8.76. The maximum Gasteiger partial charge on any atom is 0.377 e. The third-order valence-corrected chi connectivity index (χ3v) is 2.38. The Hall–Kier alpha value is -1.49. The SMILES string of the molecule is N[C@@H](CS)C(=O)O.O=C1O[C@H]([C@@H](O)CO)C(O)=C1O. The third kappa shape index (κ3) is 4.95. The number of carbonyl (C=O) groups is 2. The Bertz CT molecular complexity index is 371. The molecule has 0 saturated carbocycles. The molecule has 9 nitrogen and oxygen atoms in total. The Kier molecular flexibility index (Phi) is 7.22. The molecule has 0 aliphatic carbocycles. The van der Waals surface area contributed by atoms with Crippen molar-refractivity contribution in [2.24, 2.45) is 5.73 Å². The van der Waals surface area contributed by atoms with Crippen molar-refractivity contribution in [3.8, 4) is 0 Å². The number of ether oxygens (including phenoxy) is 1. The van der Waals surface area contributed by atoms with Gasteiger partial charge in [0.25, 0.3) is 0 Å². The molecule has 0 aromatic heterocycles. The van der Waals surface area contributed by atoms with E-state index in [0.29, 0.717) is 0 Å². The van der Waals surface area contributed by atoms with Crippen LogP contribution in [0.1, 0.15) is 0 Å². The number of aliphatic hydroxyl groups is 4. The highest BCUT2D eigenvalue weighted by atomic mass is 32.1. The van der Waals surface area contributed by atoms with Gasteiger partial charge in [0.2, 0.25) is 5.76 Å². The van der Waals surface area contributed by atoms with Gasteiger partial charge in [-0.05, 0) is 0 Å². The summed E-state index contributed by atoms with van der Waals surface area (Å²) in [5.74, 6) is -3.59. The van der Waals surface area contributed by atoms with Crippen LogP contribution in [0.3, 0.4) is 0 Å². The summed E-state index contributed by atoms with van der Waals surface area (Å²) in [7, 11) is 0. The molecule has 10 heteroatoms. The van der Waals surface area contributed by atoms with Crippen LogP contribution in [0, 0.1) is 0 Å². The number of esters is 1. The molecule has 19 heavy (non-hydrogen) atoms. The zero-order chi connectivity index (χ0) is 15.2. The van der Waals surface area contributed by atoms with Gasteiger partial charge in [-0.25, -0.2) is 4.79 Å². The summed E-state index contributed by atoms with van der Waals surface area (Å²) in [5.41, 5.74) is 4.94. The monoisotopic (exact) mass is 297 g/mol. The van der Waals surface area contributed by atoms with Gasteiger partial charge in [0.1, 0.15) is 12.1 Å². The molecule has 0 amide bonds. The number of cyclic esters (lactones) is 1. The molecular formula is C9H15NO8S. The molecule has 0 bridgehead atoms. The van der Waals surface area contributed by atoms with Crippen molar-refractivity contribution < 1.29 is 39.9 Å². The molecule has 0 saturated heterocycles. The van der Waals surface area contributed by atoms with E-state index in [4.69, 9.17) is 31.3 Å². The Labute approximate surface area is 113 Å². The van der Waals surface area contributed by atoms with E-state index in [1.807, 2.05) is 0 Å². The van der Waals surface area contributed by atoms with Crippen LogP contribution in [0.4, 0.5) is 0 Å². The maximum atomic E-state index is 10.5. The van der Waals surface area contributed by atoms with Crippen LogP contribution >= 0.6 is 12.6 Å². The van der Waals surface area contributed by atoms with Crippen LogP contribution < -0.4 is 5.73 Å². The highest BCUT2D eigenvalue weighted by molar-refractivity contribution is 7.80. The molecule has 3 atom stereocenters. The second-order valence-electron chi connectivity index (χ2n) is 3.44. The van der Waals surface area contributed by atoms with Gasteiger partial charge in [0.05, 0.1) is 6.61 Å². The lowest BCUT2D eigenvalue weighted by molar-refractivity contribution is -0.147. The van der Waals surface area contributed by atoms with Crippen LogP contribution in [0.15, 0.2) is 11.5 Å². The molecule has 1 aliphatic rings. The molecule has 110 valence electrons. The van der Waals surface area contributed by atoms with Crippen LogP contribution in [0.25, 0.3) is 0 Å². The van der Waals surface area contributed by atoms with Gasteiger partial charge in [-0.3, -0.25) is 4.79 Å². The fourth-order valence-electron chi connectivity index (χ4n) is 0.901. The van der Waals surface area contributed by atoms with Crippen molar-refractivity contribution in [3.05, 3.63) is 11.5 Å². The average Bonchev–Trinajstić information content (AvgIpc) is 2.65. The van der Waals surface area contributed by atoms with E-state index in [-0.39, 0.29) is 5.75 Å². The predicted octanol–water partition coefficient (Wildman–Crippen LogP) is -2.08. The quantitative estimate of drug-likeness (QED) is 0.227. The van der Waals surface area contributed by atoms with Crippen molar-refractivity contribution in [2.45, 2.75) is 18.2 Å². The Balaban J connectivity index is 0.000000399. The fourth-order valence-corrected chi connectivity index (χ4v) is 1.06. The van der Waals surface area contributed by atoms with E-state index in [2.05, 4.69) is 17.4 Å².